The van der Waals surface area contributed by atoms with E-state index in [-0.39, 0.29) is 0 Å². The highest BCUT2D eigenvalue weighted by atomic mass is 15.4. The lowest BCUT2D eigenvalue weighted by Crippen LogP contribution is -2.42. The molecule has 0 saturated heterocycles. The van der Waals surface area contributed by atoms with Gasteiger partial charge in [-0.15, -0.1) is 0 Å². The molecule has 0 amide bonds. The van der Waals surface area contributed by atoms with Crippen LogP contribution in [0.4, 0.5) is 0 Å². The number of hydrazone groups is 1. The van der Waals surface area contributed by atoms with Crippen LogP contribution in [0, 0.1) is 13.8 Å². The summed E-state index contributed by atoms with van der Waals surface area (Å²) in [6.07, 6.45) is 2.41. The van der Waals surface area contributed by atoms with Crippen molar-refractivity contribution in [3.63, 3.8) is 0 Å². The molecule has 2 N–H and O–H groups in total. The van der Waals surface area contributed by atoms with Gasteiger partial charge in [-0.3, -0.25) is 4.99 Å². The largest absolute Gasteiger partial charge is 0.323 e. The molecule has 1 aromatic carbocycles. The zero-order valence-electron chi connectivity index (χ0n) is 13.9. The van der Waals surface area contributed by atoms with Crippen molar-refractivity contribution in [3.05, 3.63) is 58.0 Å². The highest BCUT2D eigenvalue weighted by molar-refractivity contribution is 6.09. The quantitative estimate of drug-likeness (QED) is 0.858. The molecule has 6 heteroatoms. The molecule has 3 rings (SSSR count). The summed E-state index contributed by atoms with van der Waals surface area (Å²) >= 11 is 0. The van der Waals surface area contributed by atoms with Crippen molar-refractivity contribution in [1.29, 1.82) is 0 Å². The molecule has 1 aliphatic heterocycles. The van der Waals surface area contributed by atoms with Gasteiger partial charge in [0.15, 0.2) is 0 Å². The average Bonchev–Trinajstić information content (AvgIpc) is 2.55. The third-order valence-electron chi connectivity index (χ3n) is 3.56. The number of nitrogens with one attached hydrogen (secondary N) is 2. The molecule has 0 aliphatic carbocycles. The Balaban J connectivity index is 1.73. The van der Waals surface area contributed by atoms with E-state index in [1.165, 1.54) is 0 Å². The van der Waals surface area contributed by atoms with Crippen LogP contribution in [0.3, 0.4) is 0 Å². The van der Waals surface area contributed by atoms with Gasteiger partial charge in [-0.05, 0) is 25.1 Å². The summed E-state index contributed by atoms with van der Waals surface area (Å²) in [6.45, 7) is 8.56. The van der Waals surface area contributed by atoms with Gasteiger partial charge < -0.3 is 5.32 Å². The second-order valence-corrected chi connectivity index (χ2v) is 5.61. The maximum Gasteiger partial charge on any atom is 0.216 e. The fraction of sp³-hybridized carbons (Fsp3) is 0.222. The summed E-state index contributed by atoms with van der Waals surface area (Å²) in [4.78, 5) is 13.4. The Morgan fingerprint density at radius 1 is 1.12 bits per heavy atom. The van der Waals surface area contributed by atoms with E-state index in [4.69, 9.17) is 0 Å². The number of aryl methyl sites for hydroxylation is 2. The van der Waals surface area contributed by atoms with Gasteiger partial charge >= 0.3 is 0 Å². The number of aliphatic imine (C=N–C) groups is 1. The minimum absolute atomic E-state index is 0.576. The van der Waals surface area contributed by atoms with Crippen LogP contribution < -0.4 is 21.2 Å². The van der Waals surface area contributed by atoms with Crippen LogP contribution in [0.1, 0.15) is 17.2 Å². The Bertz CT molecular complexity index is 893. The minimum atomic E-state index is 0.576. The number of nitrogens with zero attached hydrogens (tertiary/aromatic N) is 4. The summed E-state index contributed by atoms with van der Waals surface area (Å²) in [5.41, 5.74) is 5.71. The molecule has 1 aliphatic rings. The van der Waals surface area contributed by atoms with Crippen LogP contribution in [0.15, 0.2) is 40.4 Å². The Morgan fingerprint density at radius 2 is 1.88 bits per heavy atom. The zero-order chi connectivity index (χ0) is 16.9. The van der Waals surface area contributed by atoms with E-state index in [9.17, 15) is 0 Å². The molecule has 6 nitrogen and oxygen atoms in total. The topological polar surface area (TPSA) is 74.6 Å². The second kappa shape index (κ2) is 7.04. The molecule has 0 spiro atoms. The molecule has 0 fully saturated rings. The maximum absolute atomic E-state index is 4.50. The molecule has 122 valence electrons. The normalized spacial score (nSPS) is 17.5. The summed E-state index contributed by atoms with van der Waals surface area (Å²) in [7, 11) is 0. The van der Waals surface area contributed by atoms with Gasteiger partial charge in [-0.1, -0.05) is 30.8 Å². The van der Waals surface area contributed by atoms with Gasteiger partial charge in [0.2, 0.25) is 5.96 Å². The predicted molar refractivity (Wildman–Crippen MR) is 96.9 cm³/mol. The van der Waals surface area contributed by atoms with Crippen molar-refractivity contribution in [2.24, 2.45) is 10.1 Å². The fourth-order valence-corrected chi connectivity index (χ4v) is 2.52. The van der Waals surface area contributed by atoms with Crippen molar-refractivity contribution in [2.45, 2.75) is 20.3 Å². The average molecular weight is 320 g/mol. The highest BCUT2D eigenvalue weighted by Gasteiger charge is 2.07. The van der Waals surface area contributed by atoms with E-state index < -0.39 is 0 Å². The lowest BCUT2D eigenvalue weighted by Gasteiger charge is -2.14. The van der Waals surface area contributed by atoms with Crippen molar-refractivity contribution < 1.29 is 0 Å². The van der Waals surface area contributed by atoms with Gasteiger partial charge in [0.05, 0.1) is 11.9 Å². The first-order chi connectivity index (χ1) is 11.6. The Kier molecular flexibility index (Phi) is 4.65. The van der Waals surface area contributed by atoms with E-state index >= 15 is 0 Å². The number of guanidine groups is 1. The molecule has 0 saturated carbocycles. The molecular weight excluding hydrogens is 300 g/mol. The standard InChI is InChI=1S/C18H20N6/c1-12-6-4-5-7-15(12)16-11-20-24-18(23-16)19-9-8-17-21-13(2)10-14(3)22-17/h4-7,10-11H,1,8-9H2,2-3H3,(H2,19,23,24). The van der Waals surface area contributed by atoms with E-state index in [1.807, 2.05) is 44.2 Å². The Hall–Kier alpha value is -3.02. The first kappa shape index (κ1) is 15.9. The molecular formula is C18H20N6. The van der Waals surface area contributed by atoms with E-state index in [0.29, 0.717) is 18.9 Å². The van der Waals surface area contributed by atoms with Crippen molar-refractivity contribution in [3.8, 4) is 0 Å². The SMILES string of the molecule is C=c1ccccc1=C1C=NNC(=NCCc2nc(C)cc(C)n2)N1. The third kappa shape index (κ3) is 3.84. The van der Waals surface area contributed by atoms with E-state index in [1.54, 1.807) is 6.21 Å². The lowest BCUT2D eigenvalue weighted by molar-refractivity contribution is 0.828. The van der Waals surface area contributed by atoms with Gasteiger partial charge in [-0.25, -0.2) is 15.4 Å². The molecule has 0 unspecified atom stereocenters. The van der Waals surface area contributed by atoms with Crippen LogP contribution >= 0.6 is 0 Å². The molecule has 2 heterocycles. The molecule has 2 aromatic rings. The fourth-order valence-electron chi connectivity index (χ4n) is 2.52. The Morgan fingerprint density at radius 3 is 2.62 bits per heavy atom. The first-order valence-electron chi connectivity index (χ1n) is 7.82. The molecule has 1 aromatic heterocycles. The van der Waals surface area contributed by atoms with E-state index in [0.717, 1.165) is 33.3 Å². The number of hydrogen-bond acceptors (Lipinski definition) is 4. The molecule has 0 atom stereocenters. The van der Waals surface area contributed by atoms with Gasteiger partial charge in [0.1, 0.15) is 5.82 Å². The second-order valence-electron chi connectivity index (χ2n) is 5.61. The van der Waals surface area contributed by atoms with E-state index in [2.05, 4.69) is 37.4 Å². The van der Waals surface area contributed by atoms with Gasteiger partial charge in [0, 0.05) is 29.6 Å². The van der Waals surface area contributed by atoms with Crippen LogP contribution in [-0.4, -0.2) is 28.7 Å². The highest BCUT2D eigenvalue weighted by Crippen LogP contribution is 2.00. The van der Waals surface area contributed by atoms with Crippen molar-refractivity contribution in [1.82, 2.24) is 20.7 Å². The Labute approximate surface area is 140 Å². The van der Waals surface area contributed by atoms with Crippen LogP contribution in [0.25, 0.3) is 12.3 Å². The molecule has 0 radical (unpaired) electrons. The van der Waals surface area contributed by atoms with Crippen molar-refractivity contribution >= 4 is 24.5 Å². The molecule has 0 bridgehead atoms. The number of rotatable bonds is 3. The first-order valence-corrected chi connectivity index (χ1v) is 7.82. The monoisotopic (exact) mass is 320 g/mol. The smallest absolute Gasteiger partial charge is 0.216 e. The van der Waals surface area contributed by atoms with Crippen molar-refractivity contribution in [2.75, 3.05) is 6.54 Å². The number of benzene rings is 1. The lowest BCUT2D eigenvalue weighted by atomic mass is 10.2. The predicted octanol–water partition coefficient (Wildman–Crippen LogP) is 0.389. The summed E-state index contributed by atoms with van der Waals surface area (Å²) in [6, 6.07) is 9.87. The zero-order valence-corrected chi connectivity index (χ0v) is 13.9. The van der Waals surface area contributed by atoms with Gasteiger partial charge in [0.25, 0.3) is 0 Å². The number of hydrogen-bond donors (Lipinski definition) is 2. The maximum atomic E-state index is 4.50. The summed E-state index contributed by atoms with van der Waals surface area (Å²) < 4.78 is 0. The third-order valence-corrected chi connectivity index (χ3v) is 3.56. The minimum Gasteiger partial charge on any atom is -0.323 e. The van der Waals surface area contributed by atoms with Crippen LogP contribution in [-0.2, 0) is 6.42 Å². The summed E-state index contributed by atoms with van der Waals surface area (Å²) in [5.74, 6) is 1.42. The summed E-state index contributed by atoms with van der Waals surface area (Å²) in [5, 5.41) is 9.34. The van der Waals surface area contributed by atoms with Crippen LogP contribution in [0.5, 0.6) is 0 Å². The van der Waals surface area contributed by atoms with Crippen LogP contribution in [0.2, 0.25) is 0 Å². The van der Waals surface area contributed by atoms with Gasteiger partial charge in [-0.2, -0.15) is 5.10 Å². The molecule has 24 heavy (non-hydrogen) atoms. The number of aromatic nitrogens is 2.